The molecule has 0 aromatic carbocycles. The van der Waals surface area contributed by atoms with Crippen LogP contribution in [0.3, 0.4) is 0 Å². The minimum Gasteiger partial charge on any atom is -0.393 e. The van der Waals surface area contributed by atoms with Gasteiger partial charge in [-0.25, -0.2) is 0 Å². The Morgan fingerprint density at radius 3 is 3.06 bits per heavy atom. The van der Waals surface area contributed by atoms with Crippen molar-refractivity contribution >= 4 is 0 Å². The number of aliphatic hydroxyl groups is 1. The van der Waals surface area contributed by atoms with Crippen LogP contribution in [-0.4, -0.2) is 38.5 Å². The van der Waals surface area contributed by atoms with Crippen LogP contribution in [-0.2, 0) is 13.6 Å². The van der Waals surface area contributed by atoms with Gasteiger partial charge in [-0.15, -0.1) is 0 Å². The lowest BCUT2D eigenvalue weighted by Crippen LogP contribution is -2.32. The third-order valence-corrected chi connectivity index (χ3v) is 3.40. The lowest BCUT2D eigenvalue weighted by atomic mass is 10.1. The highest BCUT2D eigenvalue weighted by atomic mass is 16.3. The summed E-state index contributed by atoms with van der Waals surface area (Å²) in [6.07, 6.45) is 4.99. The van der Waals surface area contributed by atoms with Crippen molar-refractivity contribution in [2.24, 2.45) is 7.05 Å². The molecule has 1 aliphatic heterocycles. The van der Waals surface area contributed by atoms with Crippen LogP contribution >= 0.6 is 0 Å². The Morgan fingerprint density at radius 1 is 1.62 bits per heavy atom. The van der Waals surface area contributed by atoms with E-state index in [-0.39, 0.29) is 6.10 Å². The van der Waals surface area contributed by atoms with Crippen LogP contribution in [0.1, 0.15) is 31.9 Å². The third kappa shape index (κ3) is 2.62. The molecule has 1 N–H and O–H groups in total. The van der Waals surface area contributed by atoms with Gasteiger partial charge in [-0.05, 0) is 38.8 Å². The highest BCUT2D eigenvalue weighted by Gasteiger charge is 2.25. The van der Waals surface area contributed by atoms with E-state index in [1.165, 1.54) is 18.5 Å². The maximum absolute atomic E-state index is 9.47. The van der Waals surface area contributed by atoms with Gasteiger partial charge in [0, 0.05) is 25.8 Å². The first-order valence-corrected chi connectivity index (χ1v) is 6.06. The van der Waals surface area contributed by atoms with Crippen LogP contribution in [0.25, 0.3) is 0 Å². The molecule has 1 fully saturated rings. The van der Waals surface area contributed by atoms with Crippen molar-refractivity contribution in [3.05, 3.63) is 18.0 Å². The lowest BCUT2D eigenvalue weighted by Gasteiger charge is -2.25. The second-order valence-electron chi connectivity index (χ2n) is 4.80. The average Bonchev–Trinajstić information content (AvgIpc) is 2.78. The van der Waals surface area contributed by atoms with Gasteiger partial charge in [0.25, 0.3) is 0 Å². The van der Waals surface area contributed by atoms with E-state index < -0.39 is 0 Å². The third-order valence-electron chi connectivity index (χ3n) is 3.40. The second-order valence-corrected chi connectivity index (χ2v) is 4.80. The first-order chi connectivity index (χ1) is 7.66. The first-order valence-electron chi connectivity index (χ1n) is 6.06. The molecule has 1 aromatic rings. The van der Waals surface area contributed by atoms with E-state index in [4.69, 9.17) is 0 Å². The van der Waals surface area contributed by atoms with E-state index in [9.17, 15) is 5.11 Å². The average molecular weight is 223 g/mol. The Morgan fingerprint density at radius 2 is 2.44 bits per heavy atom. The fraction of sp³-hybridized carbons (Fsp3) is 0.750. The van der Waals surface area contributed by atoms with Crippen molar-refractivity contribution in [1.29, 1.82) is 0 Å². The summed E-state index contributed by atoms with van der Waals surface area (Å²) in [7, 11) is 1.98. The maximum atomic E-state index is 9.47. The SMILES string of the molecule is CC(O)CC1CCCN1Cc1ccnn1C. The fourth-order valence-electron chi connectivity index (χ4n) is 2.53. The molecule has 2 heterocycles. The zero-order chi connectivity index (χ0) is 11.5. The van der Waals surface area contributed by atoms with Gasteiger partial charge in [-0.2, -0.15) is 5.10 Å². The van der Waals surface area contributed by atoms with Crippen molar-refractivity contribution in [3.8, 4) is 0 Å². The molecule has 2 unspecified atom stereocenters. The Hall–Kier alpha value is -0.870. The highest BCUT2D eigenvalue weighted by Crippen LogP contribution is 2.23. The Bertz CT molecular complexity index is 335. The van der Waals surface area contributed by atoms with Crippen LogP contribution < -0.4 is 0 Å². The molecule has 1 aromatic heterocycles. The number of aliphatic hydroxyl groups excluding tert-OH is 1. The lowest BCUT2D eigenvalue weighted by molar-refractivity contribution is 0.129. The predicted molar refractivity (Wildman–Crippen MR) is 62.9 cm³/mol. The topological polar surface area (TPSA) is 41.3 Å². The van der Waals surface area contributed by atoms with Gasteiger partial charge >= 0.3 is 0 Å². The summed E-state index contributed by atoms with van der Waals surface area (Å²) in [6, 6.07) is 2.60. The van der Waals surface area contributed by atoms with Crippen molar-refractivity contribution in [2.75, 3.05) is 6.54 Å². The molecule has 0 bridgehead atoms. The fourth-order valence-corrected chi connectivity index (χ4v) is 2.53. The van der Waals surface area contributed by atoms with E-state index in [0.717, 1.165) is 19.5 Å². The van der Waals surface area contributed by atoms with Crippen molar-refractivity contribution in [3.63, 3.8) is 0 Å². The number of likely N-dealkylation sites (tertiary alicyclic amines) is 1. The summed E-state index contributed by atoms with van der Waals surface area (Å²) >= 11 is 0. The Labute approximate surface area is 96.9 Å². The van der Waals surface area contributed by atoms with Gasteiger partial charge in [0.1, 0.15) is 0 Å². The maximum Gasteiger partial charge on any atom is 0.0527 e. The number of nitrogens with zero attached hydrogens (tertiary/aromatic N) is 3. The molecule has 1 aliphatic rings. The standard InChI is InChI=1S/C12H21N3O/c1-10(16)8-11-4-3-7-15(11)9-12-5-6-13-14(12)2/h5-6,10-11,16H,3-4,7-9H2,1-2H3. The Kier molecular flexibility index (Phi) is 3.61. The molecule has 16 heavy (non-hydrogen) atoms. The minimum absolute atomic E-state index is 0.197. The second kappa shape index (κ2) is 4.97. The summed E-state index contributed by atoms with van der Waals surface area (Å²) in [4.78, 5) is 2.46. The summed E-state index contributed by atoms with van der Waals surface area (Å²) in [5.74, 6) is 0. The van der Waals surface area contributed by atoms with E-state index in [0.29, 0.717) is 6.04 Å². The predicted octanol–water partition coefficient (Wildman–Crippen LogP) is 1.16. The molecule has 1 saturated heterocycles. The molecule has 0 aliphatic carbocycles. The summed E-state index contributed by atoms with van der Waals surface area (Å²) < 4.78 is 1.93. The smallest absolute Gasteiger partial charge is 0.0527 e. The summed E-state index contributed by atoms with van der Waals surface area (Å²) in [5, 5.41) is 13.7. The normalized spacial score (nSPS) is 23.8. The zero-order valence-electron chi connectivity index (χ0n) is 10.1. The van der Waals surface area contributed by atoms with Crippen LogP contribution in [0.4, 0.5) is 0 Å². The molecule has 90 valence electrons. The quantitative estimate of drug-likeness (QED) is 0.832. The highest BCUT2D eigenvalue weighted by molar-refractivity contribution is 5.01. The van der Waals surface area contributed by atoms with E-state index in [2.05, 4.69) is 16.1 Å². The largest absolute Gasteiger partial charge is 0.393 e. The van der Waals surface area contributed by atoms with Gasteiger partial charge < -0.3 is 5.11 Å². The number of aromatic nitrogens is 2. The monoisotopic (exact) mass is 223 g/mol. The van der Waals surface area contributed by atoms with Crippen LogP contribution in [0.5, 0.6) is 0 Å². The van der Waals surface area contributed by atoms with Crippen molar-refractivity contribution in [1.82, 2.24) is 14.7 Å². The molecule has 4 nitrogen and oxygen atoms in total. The van der Waals surface area contributed by atoms with Gasteiger partial charge in [0.15, 0.2) is 0 Å². The number of rotatable bonds is 4. The van der Waals surface area contributed by atoms with Gasteiger partial charge in [-0.1, -0.05) is 0 Å². The molecule has 0 amide bonds. The van der Waals surface area contributed by atoms with Gasteiger partial charge in [0.2, 0.25) is 0 Å². The number of hydrogen-bond acceptors (Lipinski definition) is 3. The minimum atomic E-state index is -0.197. The van der Waals surface area contributed by atoms with Crippen LogP contribution in [0.2, 0.25) is 0 Å². The summed E-state index contributed by atoms with van der Waals surface area (Å²) in [5.41, 5.74) is 1.25. The van der Waals surface area contributed by atoms with E-state index in [1.54, 1.807) is 0 Å². The van der Waals surface area contributed by atoms with Crippen LogP contribution in [0.15, 0.2) is 12.3 Å². The van der Waals surface area contributed by atoms with E-state index >= 15 is 0 Å². The molecule has 4 heteroatoms. The zero-order valence-corrected chi connectivity index (χ0v) is 10.1. The van der Waals surface area contributed by atoms with Crippen molar-refractivity contribution < 1.29 is 5.11 Å². The molecular formula is C12H21N3O. The molecular weight excluding hydrogens is 202 g/mol. The molecule has 2 rings (SSSR count). The van der Waals surface area contributed by atoms with E-state index in [1.807, 2.05) is 24.9 Å². The van der Waals surface area contributed by atoms with Gasteiger partial charge in [-0.3, -0.25) is 9.58 Å². The molecule has 2 atom stereocenters. The number of hydrogen-bond donors (Lipinski definition) is 1. The van der Waals surface area contributed by atoms with Crippen molar-refractivity contribution in [2.45, 2.75) is 44.9 Å². The molecule has 0 saturated carbocycles. The molecule has 0 spiro atoms. The first kappa shape index (κ1) is 11.6. The molecule has 0 radical (unpaired) electrons. The van der Waals surface area contributed by atoms with Crippen LogP contribution in [0, 0.1) is 0 Å². The summed E-state index contributed by atoms with van der Waals surface area (Å²) in [6.45, 7) is 3.97. The van der Waals surface area contributed by atoms with Gasteiger partial charge in [0.05, 0.1) is 11.8 Å². The Balaban J connectivity index is 1.96. The number of aryl methyl sites for hydroxylation is 1.